The molecule has 1 aliphatic rings. The Hall–Kier alpha value is -1.59. The van der Waals surface area contributed by atoms with Crippen LogP contribution in [0.15, 0.2) is 30.3 Å². The number of benzene rings is 1. The van der Waals surface area contributed by atoms with E-state index in [1.807, 2.05) is 65.0 Å². The van der Waals surface area contributed by atoms with Crippen LogP contribution in [0.3, 0.4) is 0 Å². The molecule has 0 radical (unpaired) electrons. The molecule has 1 aromatic rings. The average Bonchev–Trinajstić information content (AvgIpc) is 2.51. The van der Waals surface area contributed by atoms with Gasteiger partial charge in [-0.05, 0) is 53.0 Å². The lowest BCUT2D eigenvalue weighted by atomic mass is 9.90. The molecule has 1 aromatic carbocycles. The third kappa shape index (κ3) is 6.01. The summed E-state index contributed by atoms with van der Waals surface area (Å²) in [5.41, 5.74) is -0.264. The zero-order valence-electron chi connectivity index (χ0n) is 16.1. The minimum atomic E-state index is -0.871. The van der Waals surface area contributed by atoms with Crippen LogP contribution in [0.2, 0.25) is 0 Å². The van der Waals surface area contributed by atoms with E-state index < -0.39 is 11.2 Å². The summed E-state index contributed by atoms with van der Waals surface area (Å²) < 4.78 is 5.44. The van der Waals surface area contributed by atoms with Crippen LogP contribution in [-0.4, -0.2) is 46.4 Å². The van der Waals surface area contributed by atoms with E-state index in [2.05, 4.69) is 5.32 Å². The molecule has 0 saturated carbocycles. The van der Waals surface area contributed by atoms with E-state index in [4.69, 9.17) is 4.74 Å². The molecule has 140 valence electrons. The minimum Gasteiger partial charge on any atom is -0.444 e. The number of aliphatic hydroxyl groups is 1. The van der Waals surface area contributed by atoms with E-state index >= 15 is 0 Å². The first-order valence-electron chi connectivity index (χ1n) is 9.07. The quantitative estimate of drug-likeness (QED) is 0.874. The summed E-state index contributed by atoms with van der Waals surface area (Å²) in [7, 11) is 0. The first-order chi connectivity index (χ1) is 11.6. The summed E-state index contributed by atoms with van der Waals surface area (Å²) in [5, 5.41) is 14.2. The van der Waals surface area contributed by atoms with E-state index in [-0.39, 0.29) is 18.2 Å². The van der Waals surface area contributed by atoms with Crippen LogP contribution in [0.1, 0.15) is 59.1 Å². The predicted molar refractivity (Wildman–Crippen MR) is 99.4 cm³/mol. The number of hydrogen-bond acceptors (Lipinski definition) is 4. The van der Waals surface area contributed by atoms with Crippen molar-refractivity contribution in [1.29, 1.82) is 0 Å². The van der Waals surface area contributed by atoms with Gasteiger partial charge in [0.25, 0.3) is 0 Å². The molecule has 1 saturated heterocycles. The zero-order valence-corrected chi connectivity index (χ0v) is 16.1. The van der Waals surface area contributed by atoms with Crippen molar-refractivity contribution in [1.82, 2.24) is 10.2 Å². The van der Waals surface area contributed by atoms with Crippen LogP contribution in [-0.2, 0) is 4.74 Å². The molecule has 0 aliphatic carbocycles. The fraction of sp³-hybridized carbons (Fsp3) is 0.650. The number of carbonyl (C=O) groups excluding carboxylic acids is 1. The second kappa shape index (κ2) is 7.75. The fourth-order valence-corrected chi connectivity index (χ4v) is 3.14. The summed E-state index contributed by atoms with van der Waals surface area (Å²) >= 11 is 0. The average molecular weight is 348 g/mol. The van der Waals surface area contributed by atoms with Crippen molar-refractivity contribution in [3.63, 3.8) is 0 Å². The fourth-order valence-electron chi connectivity index (χ4n) is 3.14. The summed E-state index contributed by atoms with van der Waals surface area (Å²) in [5.74, 6) is 0. The van der Waals surface area contributed by atoms with Gasteiger partial charge in [-0.3, -0.25) is 0 Å². The summed E-state index contributed by atoms with van der Waals surface area (Å²) in [6, 6.07) is 10.1. The van der Waals surface area contributed by atoms with Gasteiger partial charge < -0.3 is 20.1 Å². The van der Waals surface area contributed by atoms with Crippen LogP contribution in [0.5, 0.6) is 0 Å². The minimum absolute atomic E-state index is 0.147. The van der Waals surface area contributed by atoms with Gasteiger partial charge in [-0.2, -0.15) is 0 Å². The molecule has 1 atom stereocenters. The Balaban J connectivity index is 1.94. The van der Waals surface area contributed by atoms with Gasteiger partial charge in [0.05, 0.1) is 11.6 Å². The van der Waals surface area contributed by atoms with Crippen molar-refractivity contribution in [2.75, 3.05) is 13.1 Å². The highest BCUT2D eigenvalue weighted by Gasteiger charge is 2.33. The standard InChI is InChI=1S/C20H32N2O3/c1-19(2,3)25-18(23)22-13-11-16(12-14-22)21-17(20(4,5)24)15-9-7-6-8-10-15/h6-10,16-17,21,24H,11-14H2,1-5H3/t17-/m0/s1. The molecule has 0 bridgehead atoms. The van der Waals surface area contributed by atoms with Crippen LogP contribution in [0.25, 0.3) is 0 Å². The molecule has 1 heterocycles. The first kappa shape index (κ1) is 19.7. The number of carbonyl (C=O) groups is 1. The predicted octanol–water partition coefficient (Wildman–Crippen LogP) is 3.49. The summed E-state index contributed by atoms with van der Waals surface area (Å²) in [6.45, 7) is 10.6. The van der Waals surface area contributed by atoms with Gasteiger partial charge >= 0.3 is 6.09 Å². The Morgan fingerprint density at radius 3 is 2.20 bits per heavy atom. The highest BCUT2D eigenvalue weighted by atomic mass is 16.6. The van der Waals surface area contributed by atoms with Crippen molar-refractivity contribution in [2.45, 2.75) is 70.7 Å². The Bertz CT molecular complexity index is 553. The van der Waals surface area contributed by atoms with E-state index in [0.29, 0.717) is 13.1 Å². The van der Waals surface area contributed by atoms with Crippen molar-refractivity contribution in [3.8, 4) is 0 Å². The van der Waals surface area contributed by atoms with Gasteiger partial charge in [-0.1, -0.05) is 30.3 Å². The van der Waals surface area contributed by atoms with Crippen molar-refractivity contribution < 1.29 is 14.6 Å². The third-order valence-electron chi connectivity index (χ3n) is 4.39. The summed E-state index contributed by atoms with van der Waals surface area (Å²) in [6.07, 6.45) is 1.45. The Kier molecular flexibility index (Phi) is 6.12. The highest BCUT2D eigenvalue weighted by molar-refractivity contribution is 5.68. The number of piperidine rings is 1. The number of hydrogen-bond donors (Lipinski definition) is 2. The van der Waals surface area contributed by atoms with E-state index in [1.54, 1.807) is 4.90 Å². The number of nitrogens with one attached hydrogen (secondary N) is 1. The van der Waals surface area contributed by atoms with Crippen molar-refractivity contribution in [2.24, 2.45) is 0 Å². The van der Waals surface area contributed by atoms with Crippen molar-refractivity contribution in [3.05, 3.63) is 35.9 Å². The SMILES string of the molecule is CC(C)(C)OC(=O)N1CCC(N[C@@H](c2ccccc2)C(C)(C)O)CC1. The number of rotatable bonds is 4. The van der Waals surface area contributed by atoms with Gasteiger partial charge in [0.2, 0.25) is 0 Å². The van der Waals surface area contributed by atoms with Gasteiger partial charge in [0, 0.05) is 19.1 Å². The molecule has 0 unspecified atom stereocenters. The van der Waals surface area contributed by atoms with Crippen LogP contribution in [0.4, 0.5) is 4.79 Å². The highest BCUT2D eigenvalue weighted by Crippen LogP contribution is 2.27. The van der Waals surface area contributed by atoms with Gasteiger partial charge in [0.1, 0.15) is 5.60 Å². The molecule has 0 aromatic heterocycles. The zero-order chi connectivity index (χ0) is 18.7. The third-order valence-corrected chi connectivity index (χ3v) is 4.39. The maximum atomic E-state index is 12.2. The maximum Gasteiger partial charge on any atom is 0.410 e. The maximum absolute atomic E-state index is 12.2. The lowest BCUT2D eigenvalue weighted by Gasteiger charge is -2.38. The first-order valence-corrected chi connectivity index (χ1v) is 9.07. The van der Waals surface area contributed by atoms with E-state index in [0.717, 1.165) is 18.4 Å². The molecule has 1 fully saturated rings. The molecule has 5 heteroatoms. The topological polar surface area (TPSA) is 61.8 Å². The van der Waals surface area contributed by atoms with Gasteiger partial charge in [-0.25, -0.2) is 4.79 Å². The smallest absolute Gasteiger partial charge is 0.410 e. The largest absolute Gasteiger partial charge is 0.444 e. The number of amides is 1. The lowest BCUT2D eigenvalue weighted by molar-refractivity contribution is 0.0123. The normalized spacial score (nSPS) is 18.1. The molecular formula is C20H32N2O3. The summed E-state index contributed by atoms with van der Waals surface area (Å²) in [4.78, 5) is 13.9. The Morgan fingerprint density at radius 1 is 1.16 bits per heavy atom. The Morgan fingerprint density at radius 2 is 1.72 bits per heavy atom. The van der Waals surface area contributed by atoms with Crippen LogP contribution >= 0.6 is 0 Å². The lowest BCUT2D eigenvalue weighted by Crippen LogP contribution is -2.50. The molecule has 25 heavy (non-hydrogen) atoms. The number of ether oxygens (including phenoxy) is 1. The molecule has 0 spiro atoms. The van der Waals surface area contributed by atoms with Gasteiger partial charge in [0.15, 0.2) is 0 Å². The molecule has 5 nitrogen and oxygen atoms in total. The number of nitrogens with zero attached hydrogens (tertiary/aromatic N) is 1. The Labute approximate surface area is 151 Å². The molecular weight excluding hydrogens is 316 g/mol. The van der Waals surface area contributed by atoms with Crippen LogP contribution < -0.4 is 5.32 Å². The second-order valence-corrected chi connectivity index (χ2v) is 8.41. The monoisotopic (exact) mass is 348 g/mol. The molecule has 2 rings (SSSR count). The number of likely N-dealkylation sites (tertiary alicyclic amines) is 1. The van der Waals surface area contributed by atoms with Crippen LogP contribution in [0, 0.1) is 0 Å². The molecule has 2 N–H and O–H groups in total. The van der Waals surface area contributed by atoms with E-state index in [9.17, 15) is 9.90 Å². The van der Waals surface area contributed by atoms with E-state index in [1.165, 1.54) is 0 Å². The van der Waals surface area contributed by atoms with Gasteiger partial charge in [-0.15, -0.1) is 0 Å². The molecule has 1 amide bonds. The molecule has 1 aliphatic heterocycles. The second-order valence-electron chi connectivity index (χ2n) is 8.41. The van der Waals surface area contributed by atoms with Crippen molar-refractivity contribution >= 4 is 6.09 Å².